The molecule has 3 rings (SSSR count). The normalized spacial score (nSPS) is 30.1. The second-order valence-electron chi connectivity index (χ2n) is 10.1. The van der Waals surface area contributed by atoms with E-state index in [0.717, 1.165) is 24.0 Å². The van der Waals surface area contributed by atoms with Crippen LogP contribution in [-0.2, 0) is 20.9 Å². The Morgan fingerprint density at radius 3 is 2.64 bits per heavy atom. The lowest BCUT2D eigenvalue weighted by molar-refractivity contribution is -0.159. The Bertz CT molecular complexity index is 900. The summed E-state index contributed by atoms with van der Waals surface area (Å²) in [5.41, 5.74) is 1.03. The minimum Gasteiger partial charge on any atom is -0.458 e. The van der Waals surface area contributed by atoms with Crippen LogP contribution in [0.2, 0.25) is 5.02 Å². The number of ether oxygens (including phenoxy) is 1. The van der Waals surface area contributed by atoms with Crippen molar-refractivity contribution >= 4 is 23.5 Å². The zero-order valence-electron chi connectivity index (χ0n) is 20.5. The smallest absolute Gasteiger partial charge is 0.303 e. The first-order valence-corrected chi connectivity index (χ1v) is 12.5. The molecule has 0 radical (unpaired) electrons. The fourth-order valence-electron chi connectivity index (χ4n) is 5.79. The van der Waals surface area contributed by atoms with E-state index in [2.05, 4.69) is 19.9 Å². The SMILES string of the molecule is CCC(=O)N(Cc1ccccc1Cl)C[C@@H](C)[C@@H]1CC[C@@H](C)[C@]2(O)C[C@@H](OC(C)=O)C(C)=C[C@H]12. The number of rotatable bonds is 7. The Hall–Kier alpha value is -1.85. The Morgan fingerprint density at radius 2 is 2.00 bits per heavy atom. The van der Waals surface area contributed by atoms with Crippen molar-refractivity contribution in [2.45, 2.75) is 78.6 Å². The van der Waals surface area contributed by atoms with Crippen molar-refractivity contribution in [3.05, 3.63) is 46.5 Å². The van der Waals surface area contributed by atoms with Gasteiger partial charge in [-0.15, -0.1) is 0 Å². The topological polar surface area (TPSA) is 66.8 Å². The van der Waals surface area contributed by atoms with Gasteiger partial charge in [-0.1, -0.05) is 56.6 Å². The van der Waals surface area contributed by atoms with Crippen molar-refractivity contribution in [1.82, 2.24) is 4.90 Å². The third-order valence-corrected chi connectivity index (χ3v) is 8.18. The number of carbonyl (C=O) groups is 2. The Kier molecular flexibility index (Phi) is 8.28. The summed E-state index contributed by atoms with van der Waals surface area (Å²) in [6.45, 7) is 10.7. The molecule has 6 atom stereocenters. The number of benzene rings is 1. The van der Waals surface area contributed by atoms with Crippen LogP contribution in [0, 0.1) is 23.7 Å². The summed E-state index contributed by atoms with van der Waals surface area (Å²) < 4.78 is 5.52. The molecule has 182 valence electrons. The fraction of sp³-hybridized carbons (Fsp3) is 0.630. The summed E-state index contributed by atoms with van der Waals surface area (Å²) in [6, 6.07) is 7.65. The molecule has 1 fully saturated rings. The molecule has 0 bridgehead atoms. The van der Waals surface area contributed by atoms with Crippen LogP contribution in [0.1, 0.15) is 65.9 Å². The van der Waals surface area contributed by atoms with Crippen molar-refractivity contribution in [2.75, 3.05) is 6.54 Å². The lowest BCUT2D eigenvalue weighted by Crippen LogP contribution is -2.56. The lowest BCUT2D eigenvalue weighted by Gasteiger charge is -2.53. The quantitative estimate of drug-likeness (QED) is 0.424. The molecule has 0 saturated heterocycles. The van der Waals surface area contributed by atoms with E-state index in [4.69, 9.17) is 16.3 Å². The number of halogens is 1. The van der Waals surface area contributed by atoms with Gasteiger partial charge in [0.05, 0.1) is 5.60 Å². The molecule has 1 N–H and O–H groups in total. The van der Waals surface area contributed by atoms with Gasteiger partial charge in [-0.25, -0.2) is 0 Å². The summed E-state index contributed by atoms with van der Waals surface area (Å²) in [7, 11) is 0. The number of aliphatic hydroxyl groups is 1. The van der Waals surface area contributed by atoms with Crippen molar-refractivity contribution in [2.24, 2.45) is 23.7 Å². The van der Waals surface area contributed by atoms with E-state index in [1.54, 1.807) is 0 Å². The van der Waals surface area contributed by atoms with Gasteiger partial charge in [-0.2, -0.15) is 0 Å². The molecular weight excluding hydrogens is 438 g/mol. The van der Waals surface area contributed by atoms with Gasteiger partial charge < -0.3 is 14.7 Å². The first kappa shape index (κ1) is 25.8. The highest BCUT2D eigenvalue weighted by Gasteiger charge is 2.52. The molecule has 1 amide bonds. The second kappa shape index (κ2) is 10.6. The van der Waals surface area contributed by atoms with Crippen molar-refractivity contribution in [3.63, 3.8) is 0 Å². The predicted molar refractivity (Wildman–Crippen MR) is 131 cm³/mol. The number of amides is 1. The number of carbonyl (C=O) groups excluding carboxylic acids is 2. The van der Waals surface area contributed by atoms with Gasteiger partial charge in [-0.05, 0) is 54.7 Å². The van der Waals surface area contributed by atoms with Gasteiger partial charge in [0.15, 0.2) is 0 Å². The number of hydrogen-bond acceptors (Lipinski definition) is 4. The number of nitrogens with zero attached hydrogens (tertiary/aromatic N) is 1. The highest BCUT2D eigenvalue weighted by atomic mass is 35.5. The van der Waals surface area contributed by atoms with Crippen molar-refractivity contribution in [1.29, 1.82) is 0 Å². The summed E-state index contributed by atoms with van der Waals surface area (Å²) >= 11 is 6.38. The molecule has 0 aliphatic heterocycles. The zero-order valence-corrected chi connectivity index (χ0v) is 21.3. The molecule has 0 spiro atoms. The van der Waals surface area contributed by atoms with Crippen LogP contribution in [0.25, 0.3) is 0 Å². The Labute approximate surface area is 203 Å². The maximum atomic E-state index is 12.8. The van der Waals surface area contributed by atoms with Crippen LogP contribution in [0.5, 0.6) is 0 Å². The molecule has 0 unspecified atom stereocenters. The number of hydrogen-bond donors (Lipinski definition) is 1. The Morgan fingerprint density at radius 1 is 1.30 bits per heavy atom. The van der Waals surface area contributed by atoms with Crippen LogP contribution < -0.4 is 0 Å². The average molecular weight is 476 g/mol. The fourth-order valence-corrected chi connectivity index (χ4v) is 5.99. The molecule has 0 heterocycles. The van der Waals surface area contributed by atoms with Crippen molar-refractivity contribution in [3.8, 4) is 0 Å². The maximum absolute atomic E-state index is 12.8. The molecular formula is C27H38ClNO4. The van der Waals surface area contributed by atoms with E-state index in [1.165, 1.54) is 6.92 Å². The third kappa shape index (κ3) is 5.63. The van der Waals surface area contributed by atoms with Gasteiger partial charge >= 0.3 is 5.97 Å². The molecule has 5 nitrogen and oxygen atoms in total. The largest absolute Gasteiger partial charge is 0.458 e. The number of fused-ring (bicyclic) bond motifs is 1. The van der Waals surface area contributed by atoms with E-state index in [9.17, 15) is 14.7 Å². The van der Waals surface area contributed by atoms with Gasteiger partial charge in [0.1, 0.15) is 6.10 Å². The summed E-state index contributed by atoms with van der Waals surface area (Å²) in [5.74, 6) is 0.300. The highest BCUT2D eigenvalue weighted by Crippen LogP contribution is 2.51. The molecule has 33 heavy (non-hydrogen) atoms. The lowest BCUT2D eigenvalue weighted by atomic mass is 9.57. The molecule has 0 aromatic heterocycles. The molecule has 2 aliphatic rings. The van der Waals surface area contributed by atoms with E-state index >= 15 is 0 Å². The van der Waals surface area contributed by atoms with E-state index < -0.39 is 5.60 Å². The number of esters is 1. The van der Waals surface area contributed by atoms with E-state index in [-0.39, 0.29) is 41.7 Å². The third-order valence-electron chi connectivity index (χ3n) is 7.81. The average Bonchev–Trinajstić information content (AvgIpc) is 2.76. The maximum Gasteiger partial charge on any atom is 0.303 e. The van der Waals surface area contributed by atoms with Gasteiger partial charge in [0, 0.05) is 43.8 Å². The first-order valence-electron chi connectivity index (χ1n) is 12.2. The summed E-state index contributed by atoms with van der Waals surface area (Å²) in [4.78, 5) is 26.3. The van der Waals surface area contributed by atoms with Crippen LogP contribution in [0.15, 0.2) is 35.9 Å². The van der Waals surface area contributed by atoms with Crippen LogP contribution >= 0.6 is 11.6 Å². The molecule has 6 heteroatoms. The highest BCUT2D eigenvalue weighted by molar-refractivity contribution is 6.31. The van der Waals surface area contributed by atoms with E-state index in [1.807, 2.05) is 43.0 Å². The van der Waals surface area contributed by atoms with Gasteiger partial charge in [0.25, 0.3) is 0 Å². The standard InChI is InChI=1S/C27H38ClNO4/c1-6-26(31)29(16-21-9-7-8-10-24(21)28)15-18(3)22-12-11-19(4)27(32)14-25(33-20(5)30)17(2)13-23(22)27/h7-10,13,18-19,22-23,25,32H,6,11-12,14-16H2,1-5H3/t18-,19-,22+,23-,25-,27-/m1/s1. The summed E-state index contributed by atoms with van der Waals surface area (Å²) in [6.07, 6.45) is 4.54. The van der Waals surface area contributed by atoms with Crippen LogP contribution in [-0.4, -0.2) is 40.1 Å². The minimum atomic E-state index is -0.918. The summed E-state index contributed by atoms with van der Waals surface area (Å²) in [5, 5.41) is 12.5. The first-order chi connectivity index (χ1) is 15.6. The van der Waals surface area contributed by atoms with Crippen LogP contribution in [0.4, 0.5) is 0 Å². The van der Waals surface area contributed by atoms with E-state index in [0.29, 0.717) is 31.0 Å². The minimum absolute atomic E-state index is 0.0260. The molecule has 1 aromatic rings. The van der Waals surface area contributed by atoms with Gasteiger partial charge in [-0.3, -0.25) is 9.59 Å². The monoisotopic (exact) mass is 475 g/mol. The second-order valence-corrected chi connectivity index (χ2v) is 10.5. The molecule has 1 aromatic carbocycles. The Balaban J connectivity index is 1.83. The van der Waals surface area contributed by atoms with Gasteiger partial charge in [0.2, 0.25) is 5.91 Å². The molecule has 1 saturated carbocycles. The van der Waals surface area contributed by atoms with Crippen molar-refractivity contribution < 1.29 is 19.4 Å². The zero-order chi connectivity index (χ0) is 24.3. The predicted octanol–water partition coefficient (Wildman–Crippen LogP) is 5.39. The van der Waals surface area contributed by atoms with Crippen LogP contribution in [0.3, 0.4) is 0 Å². The molecule has 2 aliphatic carbocycles.